The number of fused-ring (bicyclic) bond motifs is 1. The van der Waals surface area contributed by atoms with Gasteiger partial charge in [0.2, 0.25) is 5.91 Å². The van der Waals surface area contributed by atoms with Crippen molar-refractivity contribution < 1.29 is 19.1 Å². The van der Waals surface area contributed by atoms with E-state index in [1.807, 2.05) is 38.1 Å². The molecule has 3 fully saturated rings. The van der Waals surface area contributed by atoms with Crippen molar-refractivity contribution in [3.05, 3.63) is 59.7 Å². The smallest absolute Gasteiger partial charge is 0.310 e. The zero-order valence-corrected chi connectivity index (χ0v) is 17.7. The molecule has 2 saturated carbocycles. The molecule has 0 spiro atoms. The van der Waals surface area contributed by atoms with Crippen molar-refractivity contribution >= 4 is 29.2 Å². The largest absolute Gasteiger partial charge is 0.462 e. The molecule has 1 heterocycles. The fraction of sp³-hybridized carbons (Fsp3) is 0.400. The van der Waals surface area contributed by atoms with Gasteiger partial charge in [-0.15, -0.1) is 0 Å². The number of carbonyl (C=O) groups is 3. The summed E-state index contributed by atoms with van der Waals surface area (Å²) >= 11 is 0. The van der Waals surface area contributed by atoms with Gasteiger partial charge in [0.25, 0.3) is 5.91 Å². The van der Waals surface area contributed by atoms with Gasteiger partial charge in [-0.05, 0) is 68.5 Å². The predicted octanol–water partition coefficient (Wildman–Crippen LogP) is 3.80. The first-order valence-corrected chi connectivity index (χ1v) is 11.0. The molecule has 1 N–H and O–H groups in total. The summed E-state index contributed by atoms with van der Waals surface area (Å²) in [5, 5.41) is 2.96. The summed E-state index contributed by atoms with van der Waals surface area (Å²) in [6.07, 6.45) is 1.68. The number of carbonyl (C=O) groups excluding carboxylic acids is 3. The average molecular weight is 418 g/mol. The van der Waals surface area contributed by atoms with Crippen molar-refractivity contribution in [2.45, 2.75) is 32.8 Å². The van der Waals surface area contributed by atoms with Gasteiger partial charge < -0.3 is 15.0 Å². The highest BCUT2D eigenvalue weighted by Gasteiger charge is 2.63. The van der Waals surface area contributed by atoms with Crippen LogP contribution in [0.4, 0.5) is 11.4 Å². The van der Waals surface area contributed by atoms with Gasteiger partial charge in [-0.3, -0.25) is 14.4 Å². The Morgan fingerprint density at radius 2 is 1.94 bits per heavy atom. The van der Waals surface area contributed by atoms with Gasteiger partial charge in [0.05, 0.1) is 11.8 Å². The van der Waals surface area contributed by atoms with Crippen LogP contribution in [0.3, 0.4) is 0 Å². The molecule has 2 aromatic carbocycles. The first-order valence-electron chi connectivity index (χ1n) is 11.0. The van der Waals surface area contributed by atoms with E-state index in [9.17, 15) is 14.4 Å². The van der Waals surface area contributed by atoms with Crippen molar-refractivity contribution in [2.75, 3.05) is 16.8 Å². The fourth-order valence-electron chi connectivity index (χ4n) is 5.71. The third kappa shape index (κ3) is 3.30. The summed E-state index contributed by atoms with van der Waals surface area (Å²) in [5.74, 6) is -0.755. The molecule has 0 aromatic heterocycles. The van der Waals surface area contributed by atoms with E-state index < -0.39 is 0 Å². The Morgan fingerprint density at radius 1 is 1.13 bits per heavy atom. The van der Waals surface area contributed by atoms with Gasteiger partial charge in [-0.1, -0.05) is 18.2 Å². The van der Waals surface area contributed by atoms with Gasteiger partial charge >= 0.3 is 5.97 Å². The van der Waals surface area contributed by atoms with Crippen LogP contribution in [0.5, 0.6) is 0 Å². The lowest BCUT2D eigenvalue weighted by Crippen LogP contribution is -2.36. The lowest BCUT2D eigenvalue weighted by molar-refractivity contribution is -0.145. The fourth-order valence-corrected chi connectivity index (χ4v) is 5.71. The van der Waals surface area contributed by atoms with Crippen molar-refractivity contribution in [2.24, 2.45) is 23.7 Å². The Labute approximate surface area is 181 Å². The monoisotopic (exact) mass is 418 g/mol. The highest BCUT2D eigenvalue weighted by atomic mass is 16.6. The lowest BCUT2D eigenvalue weighted by Gasteiger charge is -2.24. The van der Waals surface area contributed by atoms with E-state index in [2.05, 4.69) is 5.32 Å². The number of ether oxygens (including phenoxy) is 1. The second kappa shape index (κ2) is 7.52. The van der Waals surface area contributed by atoms with Gasteiger partial charge in [0.1, 0.15) is 6.10 Å². The quantitative estimate of drug-likeness (QED) is 0.750. The number of anilines is 2. The van der Waals surface area contributed by atoms with Crippen LogP contribution in [0.15, 0.2) is 48.5 Å². The molecular weight excluding hydrogens is 392 g/mol. The maximum Gasteiger partial charge on any atom is 0.310 e. The van der Waals surface area contributed by atoms with Gasteiger partial charge in [0, 0.05) is 29.4 Å². The lowest BCUT2D eigenvalue weighted by atomic mass is 9.79. The Balaban J connectivity index is 1.34. The summed E-state index contributed by atoms with van der Waals surface area (Å²) in [4.78, 5) is 40.2. The number of rotatable bonds is 5. The molecule has 1 aliphatic heterocycles. The summed E-state index contributed by atoms with van der Waals surface area (Å²) in [5.41, 5.74) is 3.01. The second-order valence-corrected chi connectivity index (χ2v) is 8.88. The summed E-state index contributed by atoms with van der Waals surface area (Å²) < 4.78 is 5.44. The van der Waals surface area contributed by atoms with Crippen LogP contribution in [-0.4, -0.2) is 30.4 Å². The third-order valence-electron chi connectivity index (χ3n) is 7.04. The van der Waals surface area contributed by atoms with Crippen molar-refractivity contribution in [1.29, 1.82) is 0 Å². The molecule has 2 aliphatic carbocycles. The molecule has 31 heavy (non-hydrogen) atoms. The number of nitrogens with zero attached hydrogens (tertiary/aromatic N) is 1. The van der Waals surface area contributed by atoms with E-state index in [4.69, 9.17) is 4.74 Å². The minimum atomic E-state index is -0.338. The minimum absolute atomic E-state index is 0.00847. The maximum atomic E-state index is 13.2. The molecule has 2 bridgehead atoms. The van der Waals surface area contributed by atoms with E-state index in [1.54, 1.807) is 29.2 Å². The van der Waals surface area contributed by atoms with E-state index in [-0.39, 0.29) is 47.6 Å². The number of hydrogen-bond donors (Lipinski definition) is 1. The van der Waals surface area contributed by atoms with Gasteiger partial charge in [-0.2, -0.15) is 0 Å². The van der Waals surface area contributed by atoms with Crippen LogP contribution in [0.25, 0.3) is 0 Å². The predicted molar refractivity (Wildman–Crippen MR) is 117 cm³/mol. The molecule has 0 unspecified atom stereocenters. The van der Waals surface area contributed by atoms with Crippen molar-refractivity contribution in [1.82, 2.24) is 0 Å². The minimum Gasteiger partial charge on any atom is -0.462 e. The number of aryl methyl sites for hydroxylation is 1. The molecule has 3 aliphatic rings. The van der Waals surface area contributed by atoms with E-state index in [1.165, 1.54) is 0 Å². The molecular formula is C25H26N2O4. The number of nitrogens with one attached hydrogen (secondary N) is 1. The van der Waals surface area contributed by atoms with Crippen LogP contribution in [0.1, 0.15) is 35.7 Å². The Kier molecular flexibility index (Phi) is 4.80. The molecule has 0 radical (unpaired) electrons. The molecule has 2 aromatic rings. The molecule has 5 rings (SSSR count). The molecule has 160 valence electrons. The van der Waals surface area contributed by atoms with E-state index in [0.717, 1.165) is 24.1 Å². The van der Waals surface area contributed by atoms with E-state index in [0.29, 0.717) is 17.8 Å². The van der Waals surface area contributed by atoms with Crippen LogP contribution in [0, 0.1) is 30.6 Å². The zero-order valence-electron chi connectivity index (χ0n) is 17.7. The summed E-state index contributed by atoms with van der Waals surface area (Å²) in [7, 11) is 0. The molecule has 1 saturated heterocycles. The second-order valence-electron chi connectivity index (χ2n) is 8.88. The van der Waals surface area contributed by atoms with Crippen molar-refractivity contribution in [3.8, 4) is 0 Å². The molecule has 5 atom stereocenters. The van der Waals surface area contributed by atoms with Crippen molar-refractivity contribution in [3.63, 3.8) is 0 Å². The number of amides is 2. The summed E-state index contributed by atoms with van der Waals surface area (Å²) in [6.45, 7) is 4.47. The first-order chi connectivity index (χ1) is 15.0. The van der Waals surface area contributed by atoms with Crippen LogP contribution in [0.2, 0.25) is 0 Å². The average Bonchev–Trinajstić information content (AvgIpc) is 3.37. The Hall–Kier alpha value is -3.15. The first kappa shape index (κ1) is 19.8. The number of benzene rings is 2. The number of esters is 1. The third-order valence-corrected chi connectivity index (χ3v) is 7.04. The van der Waals surface area contributed by atoms with Crippen LogP contribution < -0.4 is 10.2 Å². The van der Waals surface area contributed by atoms with E-state index >= 15 is 0 Å². The molecule has 6 heteroatoms. The van der Waals surface area contributed by atoms with Gasteiger partial charge in [-0.25, -0.2) is 0 Å². The van der Waals surface area contributed by atoms with Gasteiger partial charge in [0.15, 0.2) is 0 Å². The standard InChI is InChI=1S/C25H26N2O4/c1-3-27(18-9-4-6-14(2)10-18)24(29)15-7-5-8-17(11-15)26-23(28)21-16-12-19-20(13-16)31-25(30)22(19)21/h4-11,16,19-22H,3,12-13H2,1-2H3,(H,26,28)/t16-,19+,20+,21-,22+/m0/s1. The number of hydrogen-bond acceptors (Lipinski definition) is 4. The maximum absolute atomic E-state index is 13.2. The molecule has 6 nitrogen and oxygen atoms in total. The van der Waals surface area contributed by atoms with Crippen LogP contribution in [-0.2, 0) is 14.3 Å². The summed E-state index contributed by atoms with van der Waals surface area (Å²) in [6, 6.07) is 14.9. The van der Waals surface area contributed by atoms with Crippen LogP contribution >= 0.6 is 0 Å². The Bertz CT molecular complexity index is 1060. The Morgan fingerprint density at radius 3 is 2.71 bits per heavy atom. The topological polar surface area (TPSA) is 75.7 Å². The molecule has 2 amide bonds. The highest BCUT2D eigenvalue weighted by molar-refractivity contribution is 6.07. The highest BCUT2D eigenvalue weighted by Crippen LogP contribution is 2.57. The SMILES string of the molecule is CCN(C(=O)c1cccc(NC(=O)[C@H]2[C@H]3C[C@H]4[C@H]2C(=O)O[C@@H]4C3)c1)c1cccc(C)c1. The zero-order chi connectivity index (χ0) is 21.7. The normalized spacial score (nSPS) is 27.8.